The Labute approximate surface area is 124 Å². The van der Waals surface area contributed by atoms with E-state index in [4.69, 9.17) is 5.84 Å². The van der Waals surface area contributed by atoms with E-state index in [-0.39, 0.29) is 4.90 Å². The van der Waals surface area contributed by atoms with Crippen LogP contribution in [0, 0.1) is 6.92 Å². The summed E-state index contributed by atoms with van der Waals surface area (Å²) in [4.78, 5) is 4.07. The minimum atomic E-state index is -3.64. The third-order valence-electron chi connectivity index (χ3n) is 3.08. The van der Waals surface area contributed by atoms with E-state index in [9.17, 15) is 8.42 Å². The number of benzene rings is 1. The monoisotopic (exact) mass is 306 g/mol. The van der Waals surface area contributed by atoms with Crippen LogP contribution in [0.15, 0.2) is 47.5 Å². The number of nitrogen functional groups attached to an aromatic ring is 1. The maximum Gasteiger partial charge on any atom is 0.265 e. The van der Waals surface area contributed by atoms with E-state index in [0.717, 1.165) is 5.56 Å². The predicted molar refractivity (Wildman–Crippen MR) is 83.4 cm³/mol. The van der Waals surface area contributed by atoms with Crippen LogP contribution < -0.4 is 15.6 Å². The van der Waals surface area contributed by atoms with Crippen LogP contribution in [0.5, 0.6) is 0 Å². The van der Waals surface area contributed by atoms with Gasteiger partial charge < -0.3 is 5.43 Å². The van der Waals surface area contributed by atoms with Crippen molar-refractivity contribution >= 4 is 21.5 Å². The number of hydrogen-bond acceptors (Lipinski definition) is 5. The normalized spacial score (nSPS) is 11.2. The van der Waals surface area contributed by atoms with Gasteiger partial charge in [-0.05, 0) is 38.1 Å². The molecule has 3 N–H and O–H groups in total. The van der Waals surface area contributed by atoms with Gasteiger partial charge in [0, 0.05) is 12.7 Å². The molecule has 0 saturated carbocycles. The van der Waals surface area contributed by atoms with E-state index in [1.54, 1.807) is 19.1 Å². The molecule has 112 valence electrons. The number of hydrogen-bond donors (Lipinski definition) is 2. The molecule has 7 heteroatoms. The molecule has 0 spiro atoms. The SMILES string of the molecule is CCN(c1ccc(C)cc1)S(=O)(=O)c1ccc(NN)nc1. The number of sulfonamides is 1. The summed E-state index contributed by atoms with van der Waals surface area (Å²) in [5.41, 5.74) is 4.07. The third-order valence-corrected chi connectivity index (χ3v) is 4.97. The van der Waals surface area contributed by atoms with Gasteiger partial charge in [-0.25, -0.2) is 19.2 Å². The minimum absolute atomic E-state index is 0.129. The Kier molecular flexibility index (Phi) is 4.44. The summed E-state index contributed by atoms with van der Waals surface area (Å²) in [6, 6.07) is 10.4. The van der Waals surface area contributed by atoms with Crippen LogP contribution >= 0.6 is 0 Å². The van der Waals surface area contributed by atoms with Gasteiger partial charge in [0.25, 0.3) is 10.0 Å². The molecule has 0 amide bonds. The van der Waals surface area contributed by atoms with Gasteiger partial charge in [-0.1, -0.05) is 17.7 Å². The summed E-state index contributed by atoms with van der Waals surface area (Å²) in [5, 5.41) is 0. The fraction of sp³-hybridized carbons (Fsp3) is 0.214. The van der Waals surface area contributed by atoms with E-state index in [2.05, 4.69) is 10.4 Å². The zero-order chi connectivity index (χ0) is 15.5. The molecule has 1 heterocycles. The number of aromatic nitrogens is 1. The second-order valence-corrected chi connectivity index (χ2v) is 6.39. The summed E-state index contributed by atoms with van der Waals surface area (Å²) in [6.07, 6.45) is 1.29. The molecule has 0 saturated heterocycles. The second kappa shape index (κ2) is 6.11. The fourth-order valence-electron chi connectivity index (χ4n) is 1.95. The van der Waals surface area contributed by atoms with Gasteiger partial charge in [0.15, 0.2) is 0 Å². The molecule has 6 nitrogen and oxygen atoms in total. The van der Waals surface area contributed by atoms with E-state index in [1.165, 1.54) is 22.6 Å². The number of nitrogens with two attached hydrogens (primary N) is 1. The van der Waals surface area contributed by atoms with Crippen LogP contribution in [0.4, 0.5) is 11.5 Å². The first kappa shape index (κ1) is 15.3. The number of anilines is 2. The van der Waals surface area contributed by atoms with Crippen molar-refractivity contribution in [1.29, 1.82) is 0 Å². The highest BCUT2D eigenvalue weighted by Gasteiger charge is 2.23. The standard InChI is InChI=1S/C14H18N4O2S/c1-3-18(12-6-4-11(2)5-7-12)21(19,20)13-8-9-14(17-15)16-10-13/h4-10H,3,15H2,1-2H3,(H,16,17). The molecule has 2 aromatic rings. The minimum Gasteiger partial charge on any atom is -0.308 e. The van der Waals surface area contributed by atoms with Crippen LogP contribution in [0.3, 0.4) is 0 Å². The summed E-state index contributed by atoms with van der Waals surface area (Å²) in [7, 11) is -3.64. The molecule has 0 aliphatic carbocycles. The molecule has 21 heavy (non-hydrogen) atoms. The lowest BCUT2D eigenvalue weighted by Crippen LogP contribution is -2.30. The molecule has 2 rings (SSSR count). The average Bonchev–Trinajstić information content (AvgIpc) is 2.50. The first-order chi connectivity index (χ1) is 9.98. The molecule has 0 fully saturated rings. The second-order valence-electron chi connectivity index (χ2n) is 4.53. The van der Waals surface area contributed by atoms with Crippen molar-refractivity contribution in [3.8, 4) is 0 Å². The van der Waals surface area contributed by atoms with Gasteiger partial charge in [0.2, 0.25) is 0 Å². The summed E-state index contributed by atoms with van der Waals surface area (Å²) < 4.78 is 26.7. The van der Waals surface area contributed by atoms with Crippen molar-refractivity contribution in [1.82, 2.24) is 4.98 Å². The number of pyridine rings is 1. The van der Waals surface area contributed by atoms with Gasteiger partial charge in [0.05, 0.1) is 5.69 Å². The maximum absolute atomic E-state index is 12.7. The molecule has 0 aliphatic heterocycles. The Balaban J connectivity index is 2.41. The lowest BCUT2D eigenvalue weighted by atomic mass is 10.2. The van der Waals surface area contributed by atoms with Crippen molar-refractivity contribution < 1.29 is 8.42 Å². The fourth-order valence-corrected chi connectivity index (χ4v) is 3.37. The van der Waals surface area contributed by atoms with Crippen LogP contribution in [-0.4, -0.2) is 19.9 Å². The van der Waals surface area contributed by atoms with Crippen molar-refractivity contribution in [3.05, 3.63) is 48.2 Å². The highest BCUT2D eigenvalue weighted by atomic mass is 32.2. The molecule has 1 aromatic heterocycles. The van der Waals surface area contributed by atoms with Crippen LogP contribution in [0.25, 0.3) is 0 Å². The molecule has 0 aliphatic rings. The highest BCUT2D eigenvalue weighted by Crippen LogP contribution is 2.23. The van der Waals surface area contributed by atoms with E-state index >= 15 is 0 Å². The zero-order valence-electron chi connectivity index (χ0n) is 11.9. The molecule has 0 bridgehead atoms. The van der Waals surface area contributed by atoms with Crippen LogP contribution in [0.1, 0.15) is 12.5 Å². The van der Waals surface area contributed by atoms with E-state index < -0.39 is 10.0 Å². The quantitative estimate of drug-likeness (QED) is 0.650. The van der Waals surface area contributed by atoms with Crippen molar-refractivity contribution in [3.63, 3.8) is 0 Å². The Morgan fingerprint density at radius 3 is 2.33 bits per heavy atom. The van der Waals surface area contributed by atoms with Crippen molar-refractivity contribution in [2.75, 3.05) is 16.3 Å². The number of rotatable bonds is 5. The Bertz CT molecular complexity index is 697. The number of aryl methyl sites for hydroxylation is 1. The van der Waals surface area contributed by atoms with Crippen LogP contribution in [0.2, 0.25) is 0 Å². The van der Waals surface area contributed by atoms with E-state index in [0.29, 0.717) is 18.1 Å². The summed E-state index contributed by atoms with van der Waals surface area (Å²) >= 11 is 0. The van der Waals surface area contributed by atoms with E-state index in [1.807, 2.05) is 19.1 Å². The molecule has 1 aromatic carbocycles. The van der Waals surface area contributed by atoms with Gasteiger partial charge in [0.1, 0.15) is 10.7 Å². The molecule has 0 unspecified atom stereocenters. The Hall–Kier alpha value is -2.12. The maximum atomic E-state index is 12.7. The van der Waals surface area contributed by atoms with Gasteiger partial charge in [-0.3, -0.25) is 4.31 Å². The zero-order valence-corrected chi connectivity index (χ0v) is 12.8. The molecular weight excluding hydrogens is 288 g/mol. The van der Waals surface area contributed by atoms with Crippen molar-refractivity contribution in [2.24, 2.45) is 5.84 Å². The highest BCUT2D eigenvalue weighted by molar-refractivity contribution is 7.92. The number of nitrogens with zero attached hydrogens (tertiary/aromatic N) is 2. The Morgan fingerprint density at radius 1 is 1.19 bits per heavy atom. The van der Waals surface area contributed by atoms with Crippen LogP contribution in [-0.2, 0) is 10.0 Å². The molecule has 0 atom stereocenters. The first-order valence-electron chi connectivity index (χ1n) is 6.51. The van der Waals surface area contributed by atoms with Gasteiger partial charge in [-0.15, -0.1) is 0 Å². The Morgan fingerprint density at radius 2 is 1.86 bits per heavy atom. The van der Waals surface area contributed by atoms with Gasteiger partial charge in [-0.2, -0.15) is 0 Å². The average molecular weight is 306 g/mol. The summed E-state index contributed by atoms with van der Waals surface area (Å²) in [5.74, 6) is 5.64. The molecule has 0 radical (unpaired) electrons. The summed E-state index contributed by atoms with van der Waals surface area (Å²) in [6.45, 7) is 4.08. The largest absolute Gasteiger partial charge is 0.308 e. The number of nitrogens with one attached hydrogen (secondary N) is 1. The van der Waals surface area contributed by atoms with Crippen molar-refractivity contribution in [2.45, 2.75) is 18.7 Å². The third kappa shape index (κ3) is 3.14. The van der Waals surface area contributed by atoms with Gasteiger partial charge >= 0.3 is 0 Å². The molecular formula is C14H18N4O2S. The topological polar surface area (TPSA) is 88.3 Å². The number of hydrazine groups is 1. The first-order valence-corrected chi connectivity index (χ1v) is 7.95. The lowest BCUT2D eigenvalue weighted by molar-refractivity contribution is 0.591. The lowest BCUT2D eigenvalue weighted by Gasteiger charge is -2.23. The predicted octanol–water partition coefficient (Wildman–Crippen LogP) is 1.89. The smallest absolute Gasteiger partial charge is 0.265 e.